The molecule has 0 aromatic heterocycles. The van der Waals surface area contributed by atoms with Gasteiger partial charge in [-0.1, -0.05) is 26.0 Å². The molecule has 0 radical (unpaired) electrons. The van der Waals surface area contributed by atoms with E-state index in [9.17, 15) is 9.90 Å². The molecule has 0 bridgehead atoms. The van der Waals surface area contributed by atoms with Crippen LogP contribution in [0.2, 0.25) is 0 Å². The van der Waals surface area contributed by atoms with E-state index in [-0.39, 0.29) is 23.5 Å². The van der Waals surface area contributed by atoms with Gasteiger partial charge < -0.3 is 16.2 Å². The molecular formula is C15H20N2O2. The van der Waals surface area contributed by atoms with Crippen molar-refractivity contribution in [2.45, 2.75) is 32.4 Å². The van der Waals surface area contributed by atoms with Crippen LogP contribution >= 0.6 is 0 Å². The van der Waals surface area contributed by atoms with Gasteiger partial charge >= 0.3 is 0 Å². The van der Waals surface area contributed by atoms with Gasteiger partial charge in [0.2, 0.25) is 5.91 Å². The molecule has 19 heavy (non-hydrogen) atoms. The number of aliphatic hydroxyl groups excluding tert-OH is 1. The minimum absolute atomic E-state index is 0.0282. The Labute approximate surface area is 113 Å². The lowest BCUT2D eigenvalue weighted by atomic mass is 9.64. The van der Waals surface area contributed by atoms with Crippen LogP contribution in [0, 0.1) is 5.41 Å². The van der Waals surface area contributed by atoms with Crippen molar-refractivity contribution in [1.29, 1.82) is 0 Å². The first-order chi connectivity index (χ1) is 8.89. The predicted octanol–water partition coefficient (Wildman–Crippen LogP) is 1.56. The number of benzene rings is 1. The summed E-state index contributed by atoms with van der Waals surface area (Å²) in [6.45, 7) is 3.90. The molecule has 0 saturated heterocycles. The monoisotopic (exact) mass is 260 g/mol. The minimum Gasteiger partial charge on any atom is -0.399 e. The maximum atomic E-state index is 11.8. The third kappa shape index (κ3) is 2.96. The lowest BCUT2D eigenvalue weighted by Crippen LogP contribution is -2.60. The van der Waals surface area contributed by atoms with Crippen molar-refractivity contribution < 1.29 is 9.90 Å². The van der Waals surface area contributed by atoms with Gasteiger partial charge in [-0.25, -0.2) is 0 Å². The number of nitrogens with two attached hydrogens (primary N) is 1. The van der Waals surface area contributed by atoms with E-state index >= 15 is 0 Å². The zero-order valence-corrected chi connectivity index (χ0v) is 11.3. The van der Waals surface area contributed by atoms with E-state index in [1.165, 1.54) is 6.08 Å². The average Bonchev–Trinajstić information content (AvgIpc) is 2.36. The molecule has 4 nitrogen and oxygen atoms in total. The Balaban J connectivity index is 1.92. The van der Waals surface area contributed by atoms with E-state index in [1.54, 1.807) is 18.2 Å². The molecule has 1 aliphatic rings. The number of amides is 1. The van der Waals surface area contributed by atoms with Crippen LogP contribution in [0.3, 0.4) is 0 Å². The van der Waals surface area contributed by atoms with Crippen LogP contribution in [0.4, 0.5) is 5.69 Å². The first kappa shape index (κ1) is 13.6. The molecule has 102 valence electrons. The Morgan fingerprint density at radius 1 is 1.53 bits per heavy atom. The number of carbonyl (C=O) groups excluding carboxylic acids is 1. The predicted molar refractivity (Wildman–Crippen MR) is 76.2 cm³/mol. The molecule has 1 fully saturated rings. The highest BCUT2D eigenvalue weighted by Gasteiger charge is 2.47. The fourth-order valence-corrected chi connectivity index (χ4v) is 2.20. The molecule has 1 aliphatic carbocycles. The van der Waals surface area contributed by atoms with Gasteiger partial charge in [0.15, 0.2) is 0 Å². The van der Waals surface area contributed by atoms with E-state index < -0.39 is 0 Å². The Morgan fingerprint density at radius 2 is 2.26 bits per heavy atom. The highest BCUT2D eigenvalue weighted by Crippen LogP contribution is 2.40. The number of anilines is 1. The molecule has 1 aromatic carbocycles. The van der Waals surface area contributed by atoms with Crippen LogP contribution in [0.5, 0.6) is 0 Å². The van der Waals surface area contributed by atoms with Gasteiger partial charge in [0.1, 0.15) is 0 Å². The molecule has 2 atom stereocenters. The van der Waals surface area contributed by atoms with Crippen molar-refractivity contribution in [3.8, 4) is 0 Å². The van der Waals surface area contributed by atoms with Crippen molar-refractivity contribution in [3.63, 3.8) is 0 Å². The van der Waals surface area contributed by atoms with Gasteiger partial charge in [-0.2, -0.15) is 0 Å². The van der Waals surface area contributed by atoms with E-state index in [4.69, 9.17) is 5.73 Å². The number of nitrogens with one attached hydrogen (secondary N) is 1. The molecule has 0 spiro atoms. The summed E-state index contributed by atoms with van der Waals surface area (Å²) in [6, 6.07) is 7.37. The first-order valence-corrected chi connectivity index (χ1v) is 6.42. The largest absolute Gasteiger partial charge is 0.399 e. The van der Waals surface area contributed by atoms with Gasteiger partial charge in [0.25, 0.3) is 0 Å². The molecular weight excluding hydrogens is 240 g/mol. The van der Waals surface area contributed by atoms with Gasteiger partial charge in [-0.15, -0.1) is 0 Å². The van der Waals surface area contributed by atoms with Crippen LogP contribution in [0.15, 0.2) is 30.3 Å². The normalized spacial score (nSPS) is 25.0. The van der Waals surface area contributed by atoms with Gasteiger partial charge in [0, 0.05) is 23.2 Å². The van der Waals surface area contributed by atoms with Crippen LogP contribution in [-0.4, -0.2) is 23.2 Å². The van der Waals surface area contributed by atoms with Gasteiger partial charge in [-0.05, 0) is 30.2 Å². The Bertz CT molecular complexity index is 509. The van der Waals surface area contributed by atoms with Crippen LogP contribution in [0.1, 0.15) is 25.8 Å². The van der Waals surface area contributed by atoms with Crippen molar-refractivity contribution in [2.75, 3.05) is 5.73 Å². The number of hydrogen-bond donors (Lipinski definition) is 3. The maximum Gasteiger partial charge on any atom is 0.244 e. The summed E-state index contributed by atoms with van der Waals surface area (Å²) in [4.78, 5) is 11.8. The smallest absolute Gasteiger partial charge is 0.244 e. The number of aliphatic hydroxyl groups is 1. The highest BCUT2D eigenvalue weighted by atomic mass is 16.3. The summed E-state index contributed by atoms with van der Waals surface area (Å²) < 4.78 is 0. The summed E-state index contributed by atoms with van der Waals surface area (Å²) in [5.74, 6) is -0.146. The van der Waals surface area contributed by atoms with E-state index in [1.807, 2.05) is 26.0 Å². The van der Waals surface area contributed by atoms with Gasteiger partial charge in [0.05, 0.1) is 6.10 Å². The second-order valence-corrected chi connectivity index (χ2v) is 5.64. The second kappa shape index (κ2) is 5.05. The third-order valence-electron chi connectivity index (χ3n) is 3.87. The first-order valence-electron chi connectivity index (χ1n) is 6.42. The third-order valence-corrected chi connectivity index (χ3v) is 3.87. The lowest BCUT2D eigenvalue weighted by molar-refractivity contribution is -0.124. The Hall–Kier alpha value is -1.81. The zero-order valence-electron chi connectivity index (χ0n) is 11.3. The van der Waals surface area contributed by atoms with E-state index in [0.717, 1.165) is 5.56 Å². The Morgan fingerprint density at radius 3 is 2.84 bits per heavy atom. The summed E-state index contributed by atoms with van der Waals surface area (Å²) in [5, 5.41) is 12.5. The van der Waals surface area contributed by atoms with Crippen LogP contribution in [0.25, 0.3) is 6.08 Å². The SMILES string of the molecule is CC1(C)C(O)CC1NC(=O)/C=C/c1cccc(N)c1. The second-order valence-electron chi connectivity index (χ2n) is 5.64. The quantitative estimate of drug-likeness (QED) is 0.570. The van der Waals surface area contributed by atoms with Crippen LogP contribution < -0.4 is 11.1 Å². The topological polar surface area (TPSA) is 75.3 Å². The van der Waals surface area contributed by atoms with E-state index in [0.29, 0.717) is 12.1 Å². The van der Waals surface area contributed by atoms with E-state index in [2.05, 4.69) is 5.32 Å². The van der Waals surface area contributed by atoms with Crippen molar-refractivity contribution >= 4 is 17.7 Å². The molecule has 0 heterocycles. The number of nitrogen functional groups attached to an aromatic ring is 1. The van der Waals surface area contributed by atoms with Gasteiger partial charge in [-0.3, -0.25) is 4.79 Å². The Kier molecular flexibility index (Phi) is 3.62. The molecule has 1 aromatic rings. The standard InChI is InChI=1S/C15H20N2O2/c1-15(2)12(9-13(15)18)17-14(19)7-6-10-4-3-5-11(16)8-10/h3-8,12-13,18H,9,16H2,1-2H3,(H,17,19)/b7-6+. The summed E-state index contributed by atoms with van der Waals surface area (Å²) >= 11 is 0. The summed E-state index contributed by atoms with van der Waals surface area (Å²) in [7, 11) is 0. The molecule has 4 N–H and O–H groups in total. The van der Waals surface area contributed by atoms with Crippen molar-refractivity contribution in [1.82, 2.24) is 5.32 Å². The van der Waals surface area contributed by atoms with Crippen molar-refractivity contribution in [2.24, 2.45) is 5.41 Å². The number of carbonyl (C=O) groups is 1. The minimum atomic E-state index is -0.337. The molecule has 1 saturated carbocycles. The number of rotatable bonds is 3. The number of hydrogen-bond acceptors (Lipinski definition) is 3. The molecule has 2 unspecified atom stereocenters. The maximum absolute atomic E-state index is 11.8. The molecule has 4 heteroatoms. The fraction of sp³-hybridized carbons (Fsp3) is 0.400. The fourth-order valence-electron chi connectivity index (χ4n) is 2.20. The zero-order chi connectivity index (χ0) is 14.0. The molecule has 0 aliphatic heterocycles. The average molecular weight is 260 g/mol. The van der Waals surface area contributed by atoms with Crippen molar-refractivity contribution in [3.05, 3.63) is 35.9 Å². The van der Waals surface area contributed by atoms with Crippen LogP contribution in [-0.2, 0) is 4.79 Å². The summed E-state index contributed by atoms with van der Waals surface area (Å²) in [5.41, 5.74) is 6.98. The lowest BCUT2D eigenvalue weighted by Gasteiger charge is -2.49. The molecule has 2 rings (SSSR count). The summed E-state index contributed by atoms with van der Waals surface area (Å²) in [6.07, 6.45) is 3.50. The highest BCUT2D eigenvalue weighted by molar-refractivity contribution is 5.92. The molecule has 1 amide bonds.